The van der Waals surface area contributed by atoms with Crippen LogP contribution in [0.4, 0.5) is 18.0 Å². The van der Waals surface area contributed by atoms with Gasteiger partial charge in [0.15, 0.2) is 11.6 Å². The van der Waals surface area contributed by atoms with E-state index in [9.17, 15) is 22.8 Å². The van der Waals surface area contributed by atoms with Crippen LogP contribution in [0, 0.1) is 17.5 Å². The second-order valence-electron chi connectivity index (χ2n) is 5.64. The Balaban J connectivity index is 2.87. The van der Waals surface area contributed by atoms with E-state index in [0.29, 0.717) is 25.0 Å². The Kier molecular flexibility index (Phi) is 6.62. The van der Waals surface area contributed by atoms with Gasteiger partial charge in [0.1, 0.15) is 17.5 Å². The van der Waals surface area contributed by atoms with Gasteiger partial charge in [0, 0.05) is 12.5 Å². The van der Waals surface area contributed by atoms with Crippen LogP contribution in [-0.4, -0.2) is 28.8 Å². The molecule has 1 unspecified atom stereocenters. The monoisotopic (exact) mass is 347 g/mol. The van der Waals surface area contributed by atoms with Crippen molar-refractivity contribution < 1.29 is 32.6 Å². The SMILES string of the molecule is CCC(C)(CC)OC(=O)NC(Cc1cc(F)c(F)cc1F)C(=O)O. The summed E-state index contributed by atoms with van der Waals surface area (Å²) in [4.78, 5) is 23.1. The standard InChI is InChI=1S/C16H20F3NO4/c1-4-16(3,5-2)24-15(23)20-13(14(21)22)7-9-6-11(18)12(19)8-10(9)17/h6,8,13H,4-5,7H2,1-3H3,(H,20,23)(H,21,22). The van der Waals surface area contributed by atoms with Gasteiger partial charge in [-0.2, -0.15) is 0 Å². The van der Waals surface area contributed by atoms with Crippen LogP contribution in [0.2, 0.25) is 0 Å². The number of ether oxygens (including phenoxy) is 1. The second kappa shape index (κ2) is 8.03. The number of alkyl carbamates (subject to hydrolysis) is 1. The number of rotatable bonds is 7. The Hall–Kier alpha value is -2.25. The molecule has 8 heteroatoms. The van der Waals surface area contributed by atoms with E-state index in [2.05, 4.69) is 5.32 Å². The van der Waals surface area contributed by atoms with Crippen LogP contribution in [0.5, 0.6) is 0 Å². The van der Waals surface area contributed by atoms with Crippen LogP contribution in [0.25, 0.3) is 0 Å². The lowest BCUT2D eigenvalue weighted by molar-refractivity contribution is -0.139. The smallest absolute Gasteiger partial charge is 0.408 e. The number of carbonyl (C=O) groups is 2. The lowest BCUT2D eigenvalue weighted by Crippen LogP contribution is -2.45. The van der Waals surface area contributed by atoms with E-state index in [1.807, 2.05) is 13.8 Å². The molecule has 0 radical (unpaired) electrons. The number of carboxylic acid groups (broad SMARTS) is 1. The molecule has 0 fully saturated rings. The minimum Gasteiger partial charge on any atom is -0.480 e. The fraction of sp³-hybridized carbons (Fsp3) is 0.500. The first-order valence-corrected chi connectivity index (χ1v) is 7.47. The van der Waals surface area contributed by atoms with Gasteiger partial charge in [-0.15, -0.1) is 0 Å². The molecule has 0 bridgehead atoms. The lowest BCUT2D eigenvalue weighted by atomic mass is 10.0. The van der Waals surface area contributed by atoms with Gasteiger partial charge in [-0.05, 0) is 31.4 Å². The van der Waals surface area contributed by atoms with Crippen molar-refractivity contribution in [3.05, 3.63) is 35.1 Å². The van der Waals surface area contributed by atoms with E-state index >= 15 is 0 Å². The van der Waals surface area contributed by atoms with Crippen molar-refractivity contribution in [3.63, 3.8) is 0 Å². The van der Waals surface area contributed by atoms with Crippen LogP contribution in [-0.2, 0) is 16.0 Å². The number of carbonyl (C=O) groups excluding carboxylic acids is 1. The molecule has 24 heavy (non-hydrogen) atoms. The minimum absolute atomic E-state index is 0.327. The molecular weight excluding hydrogens is 327 g/mol. The maximum atomic E-state index is 13.6. The molecule has 0 aromatic heterocycles. The first kappa shape index (κ1) is 19.8. The number of benzene rings is 1. The van der Waals surface area contributed by atoms with Crippen molar-refractivity contribution in [2.24, 2.45) is 0 Å². The highest BCUT2D eigenvalue weighted by atomic mass is 19.2. The number of hydrogen-bond acceptors (Lipinski definition) is 3. The molecule has 134 valence electrons. The molecule has 0 spiro atoms. The Bertz CT molecular complexity index is 618. The maximum Gasteiger partial charge on any atom is 0.408 e. The zero-order valence-corrected chi connectivity index (χ0v) is 13.7. The van der Waals surface area contributed by atoms with Crippen molar-refractivity contribution >= 4 is 12.1 Å². The molecule has 2 N–H and O–H groups in total. The van der Waals surface area contributed by atoms with Crippen molar-refractivity contribution in [2.45, 2.75) is 51.7 Å². The van der Waals surface area contributed by atoms with Crippen molar-refractivity contribution in [2.75, 3.05) is 0 Å². The van der Waals surface area contributed by atoms with Gasteiger partial charge in [-0.3, -0.25) is 0 Å². The summed E-state index contributed by atoms with van der Waals surface area (Å²) in [5.74, 6) is -5.23. The number of halogens is 3. The number of amides is 1. The molecule has 1 aromatic rings. The highest BCUT2D eigenvalue weighted by Gasteiger charge is 2.28. The van der Waals surface area contributed by atoms with E-state index in [-0.39, 0.29) is 5.56 Å². The molecular formula is C16H20F3NO4. The van der Waals surface area contributed by atoms with Gasteiger partial charge in [-0.25, -0.2) is 22.8 Å². The highest BCUT2D eigenvalue weighted by Crippen LogP contribution is 2.20. The summed E-state index contributed by atoms with van der Waals surface area (Å²) in [6.45, 7) is 5.31. The van der Waals surface area contributed by atoms with E-state index < -0.39 is 47.6 Å². The van der Waals surface area contributed by atoms with Gasteiger partial charge in [0.25, 0.3) is 0 Å². The van der Waals surface area contributed by atoms with Gasteiger partial charge < -0.3 is 15.2 Å². The summed E-state index contributed by atoms with van der Waals surface area (Å²) in [6.07, 6.45) is -0.488. The fourth-order valence-corrected chi connectivity index (χ4v) is 1.93. The van der Waals surface area contributed by atoms with Crippen molar-refractivity contribution in [1.29, 1.82) is 0 Å². The predicted octanol–water partition coefficient (Wildman–Crippen LogP) is 3.40. The number of nitrogens with one attached hydrogen (secondary N) is 1. The lowest BCUT2D eigenvalue weighted by Gasteiger charge is -2.27. The Labute approximate surface area is 137 Å². The Morgan fingerprint density at radius 3 is 2.21 bits per heavy atom. The zero-order valence-electron chi connectivity index (χ0n) is 13.7. The summed E-state index contributed by atoms with van der Waals surface area (Å²) in [6, 6.07) is -0.655. The minimum atomic E-state index is -1.55. The topological polar surface area (TPSA) is 75.6 Å². The third-order valence-corrected chi connectivity index (χ3v) is 3.94. The third kappa shape index (κ3) is 5.14. The fourth-order valence-electron chi connectivity index (χ4n) is 1.93. The summed E-state index contributed by atoms with van der Waals surface area (Å²) >= 11 is 0. The number of carboxylic acids is 1. The first-order chi connectivity index (χ1) is 11.1. The number of hydrogen-bond donors (Lipinski definition) is 2. The second-order valence-corrected chi connectivity index (χ2v) is 5.64. The van der Waals surface area contributed by atoms with E-state index in [1.54, 1.807) is 6.92 Å². The van der Waals surface area contributed by atoms with Gasteiger partial charge >= 0.3 is 12.1 Å². The van der Waals surface area contributed by atoms with Gasteiger partial charge in [0.2, 0.25) is 0 Å². The average molecular weight is 347 g/mol. The van der Waals surface area contributed by atoms with Crippen LogP contribution >= 0.6 is 0 Å². The zero-order chi connectivity index (χ0) is 18.5. The molecule has 0 aliphatic heterocycles. The highest BCUT2D eigenvalue weighted by molar-refractivity contribution is 5.80. The van der Waals surface area contributed by atoms with E-state index in [4.69, 9.17) is 9.84 Å². The van der Waals surface area contributed by atoms with E-state index in [1.165, 1.54) is 0 Å². The molecule has 1 rings (SSSR count). The van der Waals surface area contributed by atoms with Crippen LogP contribution in [0.15, 0.2) is 12.1 Å². The molecule has 1 amide bonds. The molecule has 0 saturated heterocycles. The maximum absolute atomic E-state index is 13.6. The third-order valence-electron chi connectivity index (χ3n) is 3.94. The largest absolute Gasteiger partial charge is 0.480 e. The summed E-state index contributed by atoms with van der Waals surface area (Å²) in [5, 5.41) is 11.3. The Morgan fingerprint density at radius 1 is 1.17 bits per heavy atom. The first-order valence-electron chi connectivity index (χ1n) is 7.47. The van der Waals surface area contributed by atoms with Crippen LogP contribution in [0.3, 0.4) is 0 Å². The van der Waals surface area contributed by atoms with Gasteiger partial charge in [-0.1, -0.05) is 13.8 Å². The summed E-state index contributed by atoms with van der Waals surface area (Å²) in [5.41, 5.74) is -1.13. The normalized spacial score (nSPS) is 12.6. The van der Waals surface area contributed by atoms with Crippen molar-refractivity contribution in [3.8, 4) is 0 Å². The summed E-state index contributed by atoms with van der Waals surface area (Å²) in [7, 11) is 0. The average Bonchev–Trinajstić information content (AvgIpc) is 2.51. The molecule has 1 aromatic carbocycles. The van der Waals surface area contributed by atoms with Crippen molar-refractivity contribution in [1.82, 2.24) is 5.32 Å². The number of aliphatic carboxylic acids is 1. The van der Waals surface area contributed by atoms with Gasteiger partial charge in [0.05, 0.1) is 0 Å². The molecule has 0 saturated carbocycles. The molecule has 0 aliphatic carbocycles. The quantitative estimate of drug-likeness (QED) is 0.741. The molecule has 0 aliphatic rings. The molecule has 0 heterocycles. The van der Waals surface area contributed by atoms with Crippen LogP contribution in [0.1, 0.15) is 39.2 Å². The molecule has 1 atom stereocenters. The van der Waals surface area contributed by atoms with Crippen LogP contribution < -0.4 is 5.32 Å². The van der Waals surface area contributed by atoms with E-state index in [0.717, 1.165) is 0 Å². The Morgan fingerprint density at radius 2 is 1.71 bits per heavy atom. The summed E-state index contributed by atoms with van der Waals surface area (Å²) < 4.78 is 44.9. The predicted molar refractivity (Wildman–Crippen MR) is 80.0 cm³/mol. The molecule has 5 nitrogen and oxygen atoms in total.